The van der Waals surface area contributed by atoms with Crippen LogP contribution in [0.5, 0.6) is 0 Å². The van der Waals surface area contributed by atoms with Crippen LogP contribution in [0.25, 0.3) is 0 Å². The lowest BCUT2D eigenvalue weighted by Gasteiger charge is -2.20. The van der Waals surface area contributed by atoms with Crippen LogP contribution in [0.2, 0.25) is 0 Å². The molecule has 1 amide bonds. The summed E-state index contributed by atoms with van der Waals surface area (Å²) in [5, 5.41) is 16.0. The van der Waals surface area contributed by atoms with Gasteiger partial charge in [-0.25, -0.2) is 4.68 Å². The van der Waals surface area contributed by atoms with E-state index in [4.69, 9.17) is 0 Å². The van der Waals surface area contributed by atoms with Gasteiger partial charge in [0.15, 0.2) is 0 Å². The van der Waals surface area contributed by atoms with E-state index in [1.165, 1.54) is 23.7 Å². The molecule has 1 aromatic carbocycles. The number of hydrogen-bond acceptors (Lipinski definition) is 5. The molecule has 0 unspecified atom stereocenters. The standard InChI is InChI=1S/C18H19N5OS/c24-17-16(8-7-12-3-1-2-4-14(12)19-17)25-18-20-21-22-23(18)15-10-11-5-6-13(15)9-11/h1-6,11,13,15-16H,7-10H2,(H,19,24)/t11-,13-,15+,16+/m0/s1. The topological polar surface area (TPSA) is 72.7 Å². The Hall–Kier alpha value is -2.15. The zero-order valence-electron chi connectivity index (χ0n) is 13.7. The van der Waals surface area contributed by atoms with Gasteiger partial charge in [-0.05, 0) is 59.6 Å². The summed E-state index contributed by atoms with van der Waals surface area (Å²) >= 11 is 1.49. The van der Waals surface area contributed by atoms with Crippen molar-refractivity contribution in [1.29, 1.82) is 0 Å². The Morgan fingerprint density at radius 2 is 2.12 bits per heavy atom. The maximum atomic E-state index is 12.6. The highest BCUT2D eigenvalue weighted by Gasteiger charge is 2.39. The average molecular weight is 353 g/mol. The Balaban J connectivity index is 1.36. The van der Waals surface area contributed by atoms with Crippen LogP contribution in [-0.2, 0) is 11.2 Å². The Kier molecular flexibility index (Phi) is 3.62. The molecule has 1 N–H and O–H groups in total. The van der Waals surface area contributed by atoms with Crippen LogP contribution >= 0.6 is 11.8 Å². The Labute approximate surface area is 150 Å². The molecule has 6 nitrogen and oxygen atoms in total. The number of fused-ring (bicyclic) bond motifs is 3. The third-order valence-electron chi connectivity index (χ3n) is 5.51. The molecule has 2 aliphatic carbocycles. The zero-order valence-corrected chi connectivity index (χ0v) is 14.5. The number of hydrogen-bond donors (Lipinski definition) is 1. The van der Waals surface area contributed by atoms with Crippen molar-refractivity contribution in [2.24, 2.45) is 11.8 Å². The van der Waals surface area contributed by atoms with Crippen LogP contribution in [0.3, 0.4) is 0 Å². The van der Waals surface area contributed by atoms with Crippen molar-refractivity contribution in [3.63, 3.8) is 0 Å². The minimum atomic E-state index is -0.175. The van der Waals surface area contributed by atoms with Gasteiger partial charge in [0, 0.05) is 5.69 Å². The molecule has 1 fully saturated rings. The number of aromatic nitrogens is 4. The number of anilines is 1. The highest BCUT2D eigenvalue weighted by molar-refractivity contribution is 8.00. The van der Waals surface area contributed by atoms with Crippen LogP contribution in [0.4, 0.5) is 5.69 Å². The molecule has 0 radical (unpaired) electrons. The van der Waals surface area contributed by atoms with E-state index < -0.39 is 0 Å². The van der Waals surface area contributed by atoms with Crippen molar-refractivity contribution in [1.82, 2.24) is 20.2 Å². The highest BCUT2D eigenvalue weighted by atomic mass is 32.2. The van der Waals surface area contributed by atoms with Crippen molar-refractivity contribution < 1.29 is 4.79 Å². The molecule has 128 valence electrons. The second kappa shape index (κ2) is 5.98. The molecule has 2 aromatic rings. The molecule has 25 heavy (non-hydrogen) atoms. The monoisotopic (exact) mass is 353 g/mol. The van der Waals surface area contributed by atoms with Gasteiger partial charge in [-0.3, -0.25) is 4.79 Å². The summed E-state index contributed by atoms with van der Waals surface area (Å²) in [5.74, 6) is 1.23. The molecule has 7 heteroatoms. The summed E-state index contributed by atoms with van der Waals surface area (Å²) in [7, 11) is 0. The molecular weight excluding hydrogens is 334 g/mol. The lowest BCUT2D eigenvalue weighted by molar-refractivity contribution is -0.115. The molecular formula is C18H19N5OS. The number of nitrogens with one attached hydrogen (secondary N) is 1. The summed E-state index contributed by atoms with van der Waals surface area (Å²) in [6.45, 7) is 0. The minimum Gasteiger partial charge on any atom is -0.325 e. The summed E-state index contributed by atoms with van der Waals surface area (Å²) in [5.41, 5.74) is 2.12. The van der Waals surface area contributed by atoms with Gasteiger partial charge in [0.05, 0.1) is 11.3 Å². The molecule has 3 aliphatic rings. The van der Waals surface area contributed by atoms with E-state index in [-0.39, 0.29) is 11.2 Å². The summed E-state index contributed by atoms with van der Waals surface area (Å²) < 4.78 is 1.95. The lowest BCUT2D eigenvalue weighted by atomic mass is 10.0. The summed E-state index contributed by atoms with van der Waals surface area (Å²) in [6.07, 6.45) is 8.58. The second-order valence-electron chi connectivity index (χ2n) is 7.05. The first-order chi connectivity index (χ1) is 12.3. The first-order valence-corrected chi connectivity index (χ1v) is 9.67. The number of nitrogens with zero attached hydrogens (tertiary/aromatic N) is 4. The van der Waals surface area contributed by atoms with E-state index in [9.17, 15) is 4.79 Å². The third-order valence-corrected chi connectivity index (χ3v) is 6.73. The molecule has 1 aliphatic heterocycles. The van der Waals surface area contributed by atoms with Crippen LogP contribution in [0.15, 0.2) is 41.6 Å². The van der Waals surface area contributed by atoms with Crippen LogP contribution in [0, 0.1) is 11.8 Å². The first kappa shape index (κ1) is 15.1. The van der Waals surface area contributed by atoms with E-state index in [0.717, 1.165) is 30.1 Å². The largest absolute Gasteiger partial charge is 0.325 e. The Morgan fingerprint density at radius 3 is 2.96 bits per heavy atom. The number of benzene rings is 1. The molecule has 1 saturated carbocycles. The van der Waals surface area contributed by atoms with Crippen LogP contribution in [0.1, 0.15) is 30.9 Å². The van der Waals surface area contributed by atoms with Crippen molar-refractivity contribution in [3.8, 4) is 0 Å². The Morgan fingerprint density at radius 1 is 1.20 bits per heavy atom. The van der Waals surface area contributed by atoms with Gasteiger partial charge in [0.1, 0.15) is 0 Å². The van der Waals surface area contributed by atoms with Gasteiger partial charge in [-0.15, -0.1) is 5.10 Å². The molecule has 4 atom stereocenters. The molecule has 5 rings (SSSR count). The number of para-hydroxylation sites is 1. The number of carbonyl (C=O) groups is 1. The zero-order chi connectivity index (χ0) is 16.8. The number of thioether (sulfide) groups is 1. The highest BCUT2D eigenvalue weighted by Crippen LogP contribution is 2.47. The number of carbonyl (C=O) groups excluding carboxylic acids is 1. The molecule has 1 aromatic heterocycles. The molecule has 0 spiro atoms. The van der Waals surface area contributed by atoms with Crippen LogP contribution in [-0.4, -0.2) is 31.4 Å². The number of tetrazole rings is 1. The number of allylic oxidation sites excluding steroid dienone is 2. The van der Waals surface area contributed by atoms with E-state index >= 15 is 0 Å². The SMILES string of the molecule is O=C1Nc2ccccc2CC[C@H]1Sc1nnnn1[C@@H]1C[C@H]2C=C[C@H]1C2. The summed E-state index contributed by atoms with van der Waals surface area (Å²) in [4.78, 5) is 12.6. The van der Waals surface area contributed by atoms with Gasteiger partial charge in [0.2, 0.25) is 11.1 Å². The fraction of sp³-hybridized carbons (Fsp3) is 0.444. The molecule has 2 bridgehead atoms. The number of amides is 1. The van der Waals surface area contributed by atoms with Crippen molar-refractivity contribution in [3.05, 3.63) is 42.0 Å². The molecule has 0 saturated heterocycles. The van der Waals surface area contributed by atoms with E-state index in [1.807, 2.05) is 22.9 Å². The Bertz CT molecular complexity index is 847. The fourth-order valence-corrected chi connectivity index (χ4v) is 5.25. The van der Waals surface area contributed by atoms with Gasteiger partial charge in [-0.1, -0.05) is 42.1 Å². The minimum absolute atomic E-state index is 0.0392. The maximum Gasteiger partial charge on any atom is 0.237 e. The van der Waals surface area contributed by atoms with Crippen molar-refractivity contribution in [2.75, 3.05) is 5.32 Å². The summed E-state index contributed by atoms with van der Waals surface area (Å²) in [6, 6.07) is 8.34. The normalized spacial score (nSPS) is 30.2. The van der Waals surface area contributed by atoms with Crippen molar-refractivity contribution >= 4 is 23.4 Å². The second-order valence-corrected chi connectivity index (χ2v) is 8.22. The maximum absolute atomic E-state index is 12.6. The van der Waals surface area contributed by atoms with E-state index in [1.54, 1.807) is 0 Å². The third kappa shape index (κ3) is 2.66. The fourth-order valence-electron chi connectivity index (χ4n) is 4.23. The number of rotatable bonds is 3. The average Bonchev–Trinajstić information content (AvgIpc) is 3.33. The quantitative estimate of drug-likeness (QED) is 0.859. The van der Waals surface area contributed by atoms with Crippen molar-refractivity contribution in [2.45, 2.75) is 42.1 Å². The predicted octanol–water partition coefficient (Wildman–Crippen LogP) is 2.86. The smallest absolute Gasteiger partial charge is 0.237 e. The lowest BCUT2D eigenvalue weighted by Crippen LogP contribution is -2.25. The van der Waals surface area contributed by atoms with Gasteiger partial charge >= 0.3 is 0 Å². The predicted molar refractivity (Wildman–Crippen MR) is 95.2 cm³/mol. The van der Waals surface area contributed by atoms with E-state index in [2.05, 4.69) is 39.1 Å². The van der Waals surface area contributed by atoms with Crippen LogP contribution < -0.4 is 5.32 Å². The first-order valence-electron chi connectivity index (χ1n) is 8.79. The molecule has 2 heterocycles. The van der Waals surface area contributed by atoms with Gasteiger partial charge in [-0.2, -0.15) is 0 Å². The van der Waals surface area contributed by atoms with Gasteiger partial charge in [0.25, 0.3) is 0 Å². The number of aryl methyl sites for hydroxylation is 1. The van der Waals surface area contributed by atoms with E-state index in [0.29, 0.717) is 17.9 Å². The van der Waals surface area contributed by atoms with Gasteiger partial charge < -0.3 is 5.32 Å².